The van der Waals surface area contributed by atoms with Crippen LogP contribution in [0.15, 0.2) is 29.3 Å². The molecule has 0 spiro atoms. The molecule has 0 radical (unpaired) electrons. The molecule has 1 aromatic carbocycles. The van der Waals surface area contributed by atoms with Crippen LogP contribution in [0.5, 0.6) is 0 Å². The number of isocyanates is 1. The van der Waals surface area contributed by atoms with Gasteiger partial charge in [-0.2, -0.15) is 4.99 Å². The number of hydrogen-bond donors (Lipinski definition) is 0. The third-order valence-electron chi connectivity index (χ3n) is 5.06. The summed E-state index contributed by atoms with van der Waals surface area (Å²) in [6, 6.07) is 8.61. The van der Waals surface area contributed by atoms with Crippen LogP contribution in [0.1, 0.15) is 49.1 Å². The minimum Gasteiger partial charge on any atom is -0.306 e. The predicted molar refractivity (Wildman–Crippen MR) is 79.6 cm³/mol. The van der Waals surface area contributed by atoms with Gasteiger partial charge in [-0.1, -0.05) is 24.3 Å². The molecule has 1 aliphatic heterocycles. The van der Waals surface area contributed by atoms with Gasteiger partial charge in [-0.05, 0) is 69.3 Å². The lowest BCUT2D eigenvalue weighted by Gasteiger charge is -2.40. The van der Waals surface area contributed by atoms with Crippen LogP contribution < -0.4 is 0 Å². The summed E-state index contributed by atoms with van der Waals surface area (Å²) in [5.41, 5.74) is 2.44. The topological polar surface area (TPSA) is 32.7 Å². The third-order valence-corrected chi connectivity index (χ3v) is 5.06. The Morgan fingerprint density at radius 2 is 1.95 bits per heavy atom. The van der Waals surface area contributed by atoms with Gasteiger partial charge in [0.1, 0.15) is 0 Å². The highest BCUT2D eigenvalue weighted by Crippen LogP contribution is 2.48. The number of piperidine rings is 1. The molecule has 1 saturated heterocycles. The fraction of sp³-hybridized carbons (Fsp3) is 0.588. The number of hydrogen-bond acceptors (Lipinski definition) is 3. The number of aliphatic imine (C=N–C) groups is 1. The third kappa shape index (κ3) is 2.32. The van der Waals surface area contributed by atoms with Gasteiger partial charge in [-0.3, -0.25) is 0 Å². The molecule has 3 rings (SSSR count). The lowest BCUT2D eigenvalue weighted by molar-refractivity contribution is 0.238. The second-order valence-electron chi connectivity index (χ2n) is 6.25. The van der Waals surface area contributed by atoms with E-state index in [4.69, 9.17) is 0 Å². The van der Waals surface area contributed by atoms with Crippen molar-refractivity contribution in [2.45, 2.75) is 43.6 Å². The van der Waals surface area contributed by atoms with E-state index in [1.165, 1.54) is 24.0 Å². The zero-order valence-corrected chi connectivity index (χ0v) is 12.1. The molecule has 0 amide bonds. The van der Waals surface area contributed by atoms with E-state index in [-0.39, 0.29) is 5.54 Å². The molecule has 20 heavy (non-hydrogen) atoms. The molecular formula is C17H22N2O. The minimum absolute atomic E-state index is 0.262. The number of nitrogens with zero attached hydrogens (tertiary/aromatic N) is 2. The first kappa shape index (κ1) is 13.5. The average molecular weight is 270 g/mol. The van der Waals surface area contributed by atoms with Gasteiger partial charge in [0.15, 0.2) is 0 Å². The summed E-state index contributed by atoms with van der Waals surface area (Å²) in [5, 5.41) is 0. The number of benzene rings is 1. The first-order chi connectivity index (χ1) is 9.75. The van der Waals surface area contributed by atoms with Crippen molar-refractivity contribution in [3.8, 4) is 0 Å². The van der Waals surface area contributed by atoms with E-state index in [0.717, 1.165) is 32.4 Å². The van der Waals surface area contributed by atoms with E-state index in [1.54, 1.807) is 0 Å². The standard InChI is InChI=1S/C17H22N2O/c1-19-11-7-14(8-12-19)15-5-2-3-6-16(15)17(18-13-20)9-4-10-17/h2-3,5-6,14H,4,7-12H2,1H3. The van der Waals surface area contributed by atoms with E-state index in [0.29, 0.717) is 5.92 Å². The van der Waals surface area contributed by atoms with Crippen molar-refractivity contribution < 1.29 is 4.79 Å². The Labute approximate surface area is 120 Å². The molecular weight excluding hydrogens is 248 g/mol. The molecule has 2 aliphatic rings. The van der Waals surface area contributed by atoms with Crippen LogP contribution in [0.25, 0.3) is 0 Å². The van der Waals surface area contributed by atoms with Crippen molar-refractivity contribution in [1.82, 2.24) is 4.90 Å². The fourth-order valence-corrected chi connectivity index (χ4v) is 3.64. The van der Waals surface area contributed by atoms with Gasteiger partial charge in [0.25, 0.3) is 0 Å². The minimum atomic E-state index is -0.262. The first-order valence-corrected chi connectivity index (χ1v) is 7.62. The van der Waals surface area contributed by atoms with Crippen LogP contribution in [0.2, 0.25) is 0 Å². The van der Waals surface area contributed by atoms with Gasteiger partial charge in [0, 0.05) is 0 Å². The lowest BCUT2D eigenvalue weighted by Crippen LogP contribution is -2.35. The summed E-state index contributed by atoms with van der Waals surface area (Å²) in [6.45, 7) is 2.31. The SMILES string of the molecule is CN1CCC(c2ccccc2C2(N=C=O)CCC2)CC1. The smallest absolute Gasteiger partial charge is 0.235 e. The van der Waals surface area contributed by atoms with E-state index >= 15 is 0 Å². The lowest BCUT2D eigenvalue weighted by atomic mass is 9.69. The first-order valence-electron chi connectivity index (χ1n) is 7.62. The molecule has 1 aliphatic carbocycles. The van der Waals surface area contributed by atoms with Crippen LogP contribution in [0, 0.1) is 0 Å². The molecule has 0 unspecified atom stereocenters. The molecule has 1 aromatic rings. The largest absolute Gasteiger partial charge is 0.306 e. The van der Waals surface area contributed by atoms with E-state index in [9.17, 15) is 4.79 Å². The fourth-order valence-electron chi connectivity index (χ4n) is 3.64. The van der Waals surface area contributed by atoms with Crippen LogP contribution >= 0.6 is 0 Å². The van der Waals surface area contributed by atoms with Crippen LogP contribution in [0.3, 0.4) is 0 Å². The highest BCUT2D eigenvalue weighted by Gasteiger charge is 2.41. The van der Waals surface area contributed by atoms with Gasteiger partial charge < -0.3 is 4.90 Å². The van der Waals surface area contributed by atoms with E-state index in [2.05, 4.69) is 41.2 Å². The Morgan fingerprint density at radius 3 is 2.55 bits per heavy atom. The Morgan fingerprint density at radius 1 is 1.25 bits per heavy atom. The molecule has 0 aromatic heterocycles. The summed E-state index contributed by atoms with van der Waals surface area (Å²) < 4.78 is 0. The molecule has 3 nitrogen and oxygen atoms in total. The van der Waals surface area contributed by atoms with Crippen molar-refractivity contribution in [3.05, 3.63) is 35.4 Å². The molecule has 106 valence electrons. The van der Waals surface area contributed by atoms with Crippen molar-refractivity contribution in [2.75, 3.05) is 20.1 Å². The molecule has 0 N–H and O–H groups in total. The maximum absolute atomic E-state index is 10.8. The van der Waals surface area contributed by atoms with E-state index < -0.39 is 0 Å². The van der Waals surface area contributed by atoms with Crippen molar-refractivity contribution in [1.29, 1.82) is 0 Å². The van der Waals surface area contributed by atoms with Crippen LogP contribution in [-0.4, -0.2) is 31.1 Å². The Balaban J connectivity index is 1.94. The molecule has 0 atom stereocenters. The zero-order valence-electron chi connectivity index (χ0n) is 12.1. The van der Waals surface area contributed by atoms with Crippen molar-refractivity contribution in [2.24, 2.45) is 4.99 Å². The highest BCUT2D eigenvalue weighted by molar-refractivity contribution is 5.43. The quantitative estimate of drug-likeness (QED) is 0.624. The summed E-state index contributed by atoms with van der Waals surface area (Å²) in [5.74, 6) is 0.613. The molecule has 1 saturated carbocycles. The Hall–Kier alpha value is -1.44. The maximum Gasteiger partial charge on any atom is 0.235 e. The molecule has 1 heterocycles. The number of rotatable bonds is 3. The van der Waals surface area contributed by atoms with Gasteiger partial charge in [-0.15, -0.1) is 0 Å². The van der Waals surface area contributed by atoms with Crippen LogP contribution in [-0.2, 0) is 10.3 Å². The van der Waals surface area contributed by atoms with Crippen molar-refractivity contribution >= 4 is 6.08 Å². The average Bonchev–Trinajstić information content (AvgIpc) is 2.44. The van der Waals surface area contributed by atoms with Gasteiger partial charge in [0.2, 0.25) is 6.08 Å². The Bertz CT molecular complexity index is 522. The van der Waals surface area contributed by atoms with Crippen LogP contribution in [0.4, 0.5) is 0 Å². The summed E-state index contributed by atoms with van der Waals surface area (Å²) >= 11 is 0. The summed E-state index contributed by atoms with van der Waals surface area (Å²) in [4.78, 5) is 17.4. The zero-order chi connectivity index (χ0) is 14.0. The van der Waals surface area contributed by atoms with Gasteiger partial charge >= 0.3 is 0 Å². The maximum atomic E-state index is 10.8. The highest BCUT2D eigenvalue weighted by atomic mass is 16.1. The summed E-state index contributed by atoms with van der Waals surface area (Å²) in [7, 11) is 2.19. The normalized spacial score (nSPS) is 22.9. The molecule has 2 fully saturated rings. The van der Waals surface area contributed by atoms with Gasteiger partial charge in [-0.25, -0.2) is 4.79 Å². The van der Waals surface area contributed by atoms with E-state index in [1.807, 2.05) is 6.08 Å². The van der Waals surface area contributed by atoms with Crippen molar-refractivity contribution in [3.63, 3.8) is 0 Å². The second-order valence-corrected chi connectivity index (χ2v) is 6.25. The Kier molecular flexibility index (Phi) is 3.73. The van der Waals surface area contributed by atoms with Gasteiger partial charge in [0.05, 0.1) is 5.54 Å². The number of likely N-dealkylation sites (tertiary alicyclic amines) is 1. The molecule has 3 heteroatoms. The molecule has 0 bridgehead atoms. The predicted octanol–water partition coefficient (Wildman–Crippen LogP) is 3.21. The summed E-state index contributed by atoms with van der Waals surface area (Å²) in [6.07, 6.45) is 7.36. The number of carbonyl (C=O) groups excluding carboxylic acids is 1. The second kappa shape index (κ2) is 5.51. The monoisotopic (exact) mass is 270 g/mol.